The zero-order chi connectivity index (χ0) is 20.0. The lowest BCUT2D eigenvalue weighted by atomic mass is 9.59. The highest BCUT2D eigenvalue weighted by atomic mass is 16.4. The third-order valence-corrected chi connectivity index (χ3v) is 6.13. The van der Waals surface area contributed by atoms with Gasteiger partial charge in [0.05, 0.1) is 5.41 Å². The van der Waals surface area contributed by atoms with Crippen molar-refractivity contribution in [3.63, 3.8) is 0 Å². The number of hydrogen-bond donors (Lipinski definition) is 2. The second-order valence-corrected chi connectivity index (χ2v) is 7.79. The van der Waals surface area contributed by atoms with Gasteiger partial charge in [-0.3, -0.25) is 9.59 Å². The molecule has 0 aliphatic carbocycles. The van der Waals surface area contributed by atoms with E-state index in [4.69, 9.17) is 5.11 Å². The maximum absolute atomic E-state index is 12.6. The third-order valence-electron chi connectivity index (χ3n) is 6.13. The Balaban J connectivity index is 5.61. The van der Waals surface area contributed by atoms with Gasteiger partial charge in [0, 0.05) is 6.42 Å². The van der Waals surface area contributed by atoms with Crippen LogP contribution < -0.4 is 0 Å². The Morgan fingerprint density at radius 1 is 0.769 bits per heavy atom. The summed E-state index contributed by atoms with van der Waals surface area (Å²) in [4.78, 5) is 23.6. The molecule has 0 aromatic rings. The van der Waals surface area contributed by atoms with E-state index < -0.39 is 17.4 Å². The fourth-order valence-corrected chi connectivity index (χ4v) is 4.66. The van der Waals surface area contributed by atoms with Crippen molar-refractivity contribution in [3.05, 3.63) is 0 Å². The van der Waals surface area contributed by atoms with Crippen LogP contribution in [0.3, 0.4) is 0 Å². The number of hydrogen-bond acceptors (Lipinski definition) is 2. The summed E-state index contributed by atoms with van der Waals surface area (Å²) in [5, 5.41) is 19.4. The van der Waals surface area contributed by atoms with Crippen LogP contribution >= 0.6 is 0 Å². The number of rotatable bonds is 17. The molecular weight excluding hydrogens is 328 g/mol. The number of carbonyl (C=O) groups is 2. The van der Waals surface area contributed by atoms with Crippen molar-refractivity contribution < 1.29 is 19.8 Å². The lowest BCUT2D eigenvalue weighted by Gasteiger charge is -2.43. The van der Waals surface area contributed by atoms with E-state index in [1.165, 1.54) is 0 Å². The first-order chi connectivity index (χ1) is 12.4. The average molecular weight is 371 g/mol. The first-order valence-corrected chi connectivity index (χ1v) is 10.9. The van der Waals surface area contributed by atoms with Crippen molar-refractivity contribution in [1.82, 2.24) is 0 Å². The monoisotopic (exact) mass is 370 g/mol. The fraction of sp³-hybridized carbons (Fsp3) is 0.909. The first kappa shape index (κ1) is 24.9. The summed E-state index contributed by atoms with van der Waals surface area (Å²) in [5.74, 6) is -1.27. The predicted molar refractivity (Wildman–Crippen MR) is 107 cm³/mol. The Morgan fingerprint density at radius 3 is 1.54 bits per heavy atom. The summed E-state index contributed by atoms with van der Waals surface area (Å²) in [6.07, 6.45) is 11.2. The molecule has 0 saturated carbocycles. The molecule has 4 nitrogen and oxygen atoms in total. The molecule has 0 rings (SSSR count). The predicted octanol–water partition coefficient (Wildman–Crippen LogP) is 6.53. The maximum atomic E-state index is 12.6. The molecule has 4 heteroatoms. The topological polar surface area (TPSA) is 74.6 Å². The van der Waals surface area contributed by atoms with Crippen LogP contribution in [-0.4, -0.2) is 22.2 Å². The smallest absolute Gasteiger partial charge is 0.310 e. The summed E-state index contributed by atoms with van der Waals surface area (Å²) < 4.78 is 0. The molecule has 0 aliphatic rings. The molecule has 26 heavy (non-hydrogen) atoms. The standard InChI is InChI=1S/C22H42O4/c1-5-9-11-14-18(7-3)22(21(25)26,17-13-16-20(23)24)19(8-4)15-12-10-6-2/h18-19H,5-17H2,1-4H3,(H,23,24)(H,25,26). The van der Waals surface area contributed by atoms with Gasteiger partial charge in [0.2, 0.25) is 0 Å². The Kier molecular flexibility index (Phi) is 13.5. The van der Waals surface area contributed by atoms with Gasteiger partial charge < -0.3 is 10.2 Å². The van der Waals surface area contributed by atoms with Crippen LogP contribution in [0.4, 0.5) is 0 Å². The van der Waals surface area contributed by atoms with Crippen LogP contribution in [0.1, 0.15) is 111 Å². The minimum absolute atomic E-state index is 0.0613. The molecule has 2 N–H and O–H groups in total. The molecule has 0 spiro atoms. The number of unbranched alkanes of at least 4 members (excludes halogenated alkanes) is 4. The van der Waals surface area contributed by atoms with Crippen molar-refractivity contribution in [2.24, 2.45) is 17.3 Å². The molecule has 2 atom stereocenters. The van der Waals surface area contributed by atoms with E-state index in [0.717, 1.165) is 64.2 Å². The molecular formula is C22H42O4. The van der Waals surface area contributed by atoms with Gasteiger partial charge in [0.25, 0.3) is 0 Å². The van der Waals surface area contributed by atoms with E-state index in [9.17, 15) is 14.7 Å². The second-order valence-electron chi connectivity index (χ2n) is 7.79. The Labute approximate surface area is 160 Å². The molecule has 0 saturated heterocycles. The van der Waals surface area contributed by atoms with Crippen molar-refractivity contribution in [1.29, 1.82) is 0 Å². The SMILES string of the molecule is CCCCCC(CC)C(CCCC(=O)O)(C(=O)O)C(CC)CCCCC. The molecule has 0 aliphatic heterocycles. The minimum atomic E-state index is -0.831. The van der Waals surface area contributed by atoms with Gasteiger partial charge >= 0.3 is 11.9 Å². The van der Waals surface area contributed by atoms with Crippen molar-refractivity contribution in [2.45, 2.75) is 111 Å². The maximum Gasteiger partial charge on any atom is 0.310 e. The first-order valence-electron chi connectivity index (χ1n) is 10.9. The summed E-state index contributed by atoms with van der Waals surface area (Å²) in [7, 11) is 0. The summed E-state index contributed by atoms with van der Waals surface area (Å²) >= 11 is 0. The van der Waals surface area contributed by atoms with Crippen LogP contribution in [-0.2, 0) is 9.59 Å². The van der Waals surface area contributed by atoms with Gasteiger partial charge in [0.1, 0.15) is 0 Å². The van der Waals surface area contributed by atoms with Crippen LogP contribution in [0, 0.1) is 17.3 Å². The van der Waals surface area contributed by atoms with E-state index in [1.54, 1.807) is 0 Å². The highest BCUT2D eigenvalue weighted by Gasteiger charge is 2.49. The molecule has 0 fully saturated rings. The normalized spacial score (nSPS) is 16.0. The van der Waals surface area contributed by atoms with Gasteiger partial charge in [-0.25, -0.2) is 0 Å². The molecule has 0 radical (unpaired) electrons. The molecule has 0 aromatic carbocycles. The van der Waals surface area contributed by atoms with Crippen molar-refractivity contribution in [3.8, 4) is 0 Å². The highest BCUT2D eigenvalue weighted by molar-refractivity contribution is 5.75. The van der Waals surface area contributed by atoms with Gasteiger partial charge in [0.15, 0.2) is 0 Å². The lowest BCUT2D eigenvalue weighted by molar-refractivity contribution is -0.160. The lowest BCUT2D eigenvalue weighted by Crippen LogP contribution is -2.45. The fourth-order valence-electron chi connectivity index (χ4n) is 4.66. The van der Waals surface area contributed by atoms with Crippen molar-refractivity contribution in [2.75, 3.05) is 0 Å². The zero-order valence-electron chi connectivity index (χ0n) is 17.6. The average Bonchev–Trinajstić information content (AvgIpc) is 2.60. The molecule has 154 valence electrons. The Bertz CT molecular complexity index is 374. The third kappa shape index (κ3) is 7.67. The van der Waals surface area contributed by atoms with E-state index in [2.05, 4.69) is 27.7 Å². The Morgan fingerprint density at radius 2 is 1.23 bits per heavy atom. The van der Waals surface area contributed by atoms with Gasteiger partial charge in [-0.15, -0.1) is 0 Å². The number of carboxylic acids is 2. The highest BCUT2D eigenvalue weighted by Crippen LogP contribution is 2.48. The molecule has 0 aromatic heterocycles. The van der Waals surface area contributed by atoms with E-state index >= 15 is 0 Å². The number of aliphatic carboxylic acids is 2. The van der Waals surface area contributed by atoms with Gasteiger partial charge in [-0.05, 0) is 37.5 Å². The van der Waals surface area contributed by atoms with Crippen molar-refractivity contribution >= 4 is 11.9 Å². The van der Waals surface area contributed by atoms with E-state index in [-0.39, 0.29) is 18.3 Å². The van der Waals surface area contributed by atoms with Crippen LogP contribution in [0.25, 0.3) is 0 Å². The quantitative estimate of drug-likeness (QED) is 0.286. The number of carboxylic acid groups (broad SMARTS) is 2. The largest absolute Gasteiger partial charge is 0.481 e. The zero-order valence-corrected chi connectivity index (χ0v) is 17.6. The summed E-state index contributed by atoms with van der Waals surface area (Å²) in [6.45, 7) is 8.53. The van der Waals surface area contributed by atoms with Crippen LogP contribution in [0.5, 0.6) is 0 Å². The van der Waals surface area contributed by atoms with Gasteiger partial charge in [-0.2, -0.15) is 0 Å². The molecule has 2 unspecified atom stereocenters. The summed E-state index contributed by atoms with van der Waals surface area (Å²) in [6, 6.07) is 0. The molecule has 0 heterocycles. The minimum Gasteiger partial charge on any atom is -0.481 e. The van der Waals surface area contributed by atoms with E-state index in [0.29, 0.717) is 12.8 Å². The van der Waals surface area contributed by atoms with Crippen LogP contribution in [0.15, 0.2) is 0 Å². The van der Waals surface area contributed by atoms with Gasteiger partial charge in [-0.1, -0.05) is 79.1 Å². The molecule has 0 amide bonds. The molecule has 0 bridgehead atoms. The van der Waals surface area contributed by atoms with E-state index in [1.807, 2.05) is 0 Å². The summed E-state index contributed by atoms with van der Waals surface area (Å²) in [5.41, 5.74) is -0.777. The Hall–Kier alpha value is -1.06. The second kappa shape index (κ2) is 14.1. The van der Waals surface area contributed by atoms with Crippen LogP contribution in [0.2, 0.25) is 0 Å².